The number of nitrogens with zero attached hydrogens (tertiary/aromatic N) is 2. The minimum atomic E-state index is 0.167. The van der Waals surface area contributed by atoms with Crippen LogP contribution in [0.4, 0.5) is 0 Å². The predicted molar refractivity (Wildman–Crippen MR) is 72.8 cm³/mol. The fourth-order valence-corrected chi connectivity index (χ4v) is 1.83. The van der Waals surface area contributed by atoms with Crippen LogP contribution in [0.15, 0.2) is 24.4 Å². The van der Waals surface area contributed by atoms with Gasteiger partial charge in [0, 0.05) is 19.2 Å². The summed E-state index contributed by atoms with van der Waals surface area (Å²) < 4.78 is 0. The number of hydrogen-bond donors (Lipinski definition) is 1. The third-order valence-electron chi connectivity index (χ3n) is 3.19. The fraction of sp³-hybridized carbons (Fsp3) is 0.571. The first kappa shape index (κ1) is 14.6. The number of aromatic nitrogens is 1. The molecule has 0 radical (unpaired) electrons. The summed E-state index contributed by atoms with van der Waals surface area (Å²) in [6.07, 6.45) is 3.24. The van der Waals surface area contributed by atoms with E-state index in [0.717, 1.165) is 12.1 Å². The van der Waals surface area contributed by atoms with Crippen molar-refractivity contribution >= 4 is 5.91 Å². The van der Waals surface area contributed by atoms with Crippen LogP contribution < -0.4 is 5.73 Å². The third-order valence-corrected chi connectivity index (χ3v) is 3.19. The van der Waals surface area contributed by atoms with Crippen molar-refractivity contribution in [2.45, 2.75) is 33.2 Å². The summed E-state index contributed by atoms with van der Waals surface area (Å²) >= 11 is 0. The Bertz CT molecular complexity index is 349. The van der Waals surface area contributed by atoms with Crippen LogP contribution in [0.1, 0.15) is 32.4 Å². The molecule has 1 aromatic heterocycles. The summed E-state index contributed by atoms with van der Waals surface area (Å²) in [5.41, 5.74) is 6.57. The van der Waals surface area contributed by atoms with Crippen molar-refractivity contribution in [2.75, 3.05) is 13.1 Å². The minimum absolute atomic E-state index is 0.167. The molecule has 1 unspecified atom stereocenters. The van der Waals surface area contributed by atoms with E-state index in [2.05, 4.69) is 11.9 Å². The van der Waals surface area contributed by atoms with Crippen LogP contribution in [0.5, 0.6) is 0 Å². The molecule has 1 amide bonds. The van der Waals surface area contributed by atoms with Crippen LogP contribution in [0.25, 0.3) is 0 Å². The highest BCUT2D eigenvalue weighted by atomic mass is 16.2. The van der Waals surface area contributed by atoms with Crippen molar-refractivity contribution < 1.29 is 4.79 Å². The SMILES string of the molecule is CCC(CN)CC(=O)N(CC)Cc1ccccn1. The molecule has 4 nitrogen and oxygen atoms in total. The molecule has 2 N–H and O–H groups in total. The second kappa shape index (κ2) is 7.82. The molecule has 0 aliphatic heterocycles. The molecule has 0 fully saturated rings. The molecule has 1 atom stereocenters. The lowest BCUT2D eigenvalue weighted by Crippen LogP contribution is -2.33. The molecular formula is C14H23N3O. The maximum atomic E-state index is 12.1. The molecule has 0 spiro atoms. The lowest BCUT2D eigenvalue weighted by atomic mass is 10.0. The van der Waals surface area contributed by atoms with Gasteiger partial charge in [0.2, 0.25) is 5.91 Å². The highest BCUT2D eigenvalue weighted by Gasteiger charge is 2.16. The standard InChI is InChI=1S/C14H23N3O/c1-3-12(10-15)9-14(18)17(4-2)11-13-7-5-6-8-16-13/h5-8,12H,3-4,9-11,15H2,1-2H3. The maximum Gasteiger partial charge on any atom is 0.223 e. The third kappa shape index (κ3) is 4.45. The largest absolute Gasteiger partial charge is 0.337 e. The van der Waals surface area contributed by atoms with E-state index in [1.165, 1.54) is 0 Å². The van der Waals surface area contributed by atoms with E-state index in [4.69, 9.17) is 5.73 Å². The first-order valence-corrected chi connectivity index (χ1v) is 6.58. The van der Waals surface area contributed by atoms with Gasteiger partial charge in [0.05, 0.1) is 12.2 Å². The Morgan fingerprint density at radius 2 is 2.22 bits per heavy atom. The van der Waals surface area contributed by atoms with Gasteiger partial charge in [0.25, 0.3) is 0 Å². The Balaban J connectivity index is 2.58. The second-order valence-electron chi connectivity index (χ2n) is 4.44. The van der Waals surface area contributed by atoms with Gasteiger partial charge in [-0.1, -0.05) is 19.4 Å². The van der Waals surface area contributed by atoms with Gasteiger partial charge < -0.3 is 10.6 Å². The Hall–Kier alpha value is -1.42. The number of carbonyl (C=O) groups is 1. The monoisotopic (exact) mass is 249 g/mol. The topological polar surface area (TPSA) is 59.2 Å². The highest BCUT2D eigenvalue weighted by Crippen LogP contribution is 2.10. The highest BCUT2D eigenvalue weighted by molar-refractivity contribution is 5.76. The van der Waals surface area contributed by atoms with Gasteiger partial charge in [0.1, 0.15) is 0 Å². The number of rotatable bonds is 7. The van der Waals surface area contributed by atoms with Crippen molar-refractivity contribution in [1.29, 1.82) is 0 Å². The molecule has 1 rings (SSSR count). The summed E-state index contributed by atoms with van der Waals surface area (Å²) in [6, 6.07) is 5.76. The van der Waals surface area contributed by atoms with Gasteiger partial charge in [-0.25, -0.2) is 0 Å². The van der Waals surface area contributed by atoms with Crippen LogP contribution in [-0.2, 0) is 11.3 Å². The molecule has 0 aromatic carbocycles. The van der Waals surface area contributed by atoms with Crippen molar-refractivity contribution in [3.8, 4) is 0 Å². The average molecular weight is 249 g/mol. The van der Waals surface area contributed by atoms with Crippen molar-refractivity contribution in [3.63, 3.8) is 0 Å². The molecule has 1 heterocycles. The molecule has 1 aromatic rings. The molecule has 100 valence electrons. The zero-order valence-corrected chi connectivity index (χ0v) is 11.3. The Morgan fingerprint density at radius 3 is 2.72 bits per heavy atom. The van der Waals surface area contributed by atoms with E-state index < -0.39 is 0 Å². The van der Waals surface area contributed by atoms with Gasteiger partial charge in [-0.2, -0.15) is 0 Å². The van der Waals surface area contributed by atoms with Gasteiger partial charge in [0.15, 0.2) is 0 Å². The van der Waals surface area contributed by atoms with Crippen LogP contribution in [0.2, 0.25) is 0 Å². The van der Waals surface area contributed by atoms with Gasteiger partial charge in [-0.3, -0.25) is 9.78 Å². The minimum Gasteiger partial charge on any atom is -0.337 e. The second-order valence-corrected chi connectivity index (χ2v) is 4.44. The lowest BCUT2D eigenvalue weighted by Gasteiger charge is -2.22. The Morgan fingerprint density at radius 1 is 1.44 bits per heavy atom. The first-order valence-electron chi connectivity index (χ1n) is 6.58. The van der Waals surface area contributed by atoms with E-state index in [1.54, 1.807) is 6.20 Å². The Labute approximate surface area is 109 Å². The van der Waals surface area contributed by atoms with Gasteiger partial charge in [-0.15, -0.1) is 0 Å². The molecule has 0 saturated heterocycles. The molecule has 0 aliphatic carbocycles. The summed E-state index contributed by atoms with van der Waals surface area (Å²) in [5, 5.41) is 0. The van der Waals surface area contributed by atoms with Crippen molar-refractivity contribution in [3.05, 3.63) is 30.1 Å². The summed E-state index contributed by atoms with van der Waals surface area (Å²) in [6.45, 7) is 5.92. The lowest BCUT2D eigenvalue weighted by molar-refractivity contribution is -0.132. The smallest absolute Gasteiger partial charge is 0.223 e. The van der Waals surface area contributed by atoms with Crippen molar-refractivity contribution in [1.82, 2.24) is 9.88 Å². The van der Waals surface area contributed by atoms with E-state index in [1.807, 2.05) is 30.0 Å². The average Bonchev–Trinajstić information content (AvgIpc) is 2.43. The molecular weight excluding hydrogens is 226 g/mol. The van der Waals surface area contributed by atoms with E-state index >= 15 is 0 Å². The normalized spacial score (nSPS) is 12.2. The van der Waals surface area contributed by atoms with Crippen LogP contribution in [0.3, 0.4) is 0 Å². The zero-order chi connectivity index (χ0) is 13.4. The number of nitrogens with two attached hydrogens (primary N) is 1. The zero-order valence-electron chi connectivity index (χ0n) is 11.3. The van der Waals surface area contributed by atoms with Crippen LogP contribution >= 0.6 is 0 Å². The van der Waals surface area contributed by atoms with Gasteiger partial charge >= 0.3 is 0 Å². The van der Waals surface area contributed by atoms with Crippen LogP contribution in [0, 0.1) is 5.92 Å². The number of pyridine rings is 1. The maximum absolute atomic E-state index is 12.1. The van der Waals surface area contributed by atoms with Gasteiger partial charge in [-0.05, 0) is 31.5 Å². The molecule has 0 bridgehead atoms. The summed E-state index contributed by atoms with van der Waals surface area (Å²) in [7, 11) is 0. The fourth-order valence-electron chi connectivity index (χ4n) is 1.83. The molecule has 0 aliphatic rings. The van der Waals surface area contributed by atoms with Crippen molar-refractivity contribution in [2.24, 2.45) is 11.7 Å². The summed E-state index contributed by atoms with van der Waals surface area (Å²) in [4.78, 5) is 18.2. The first-order chi connectivity index (χ1) is 8.71. The molecule has 4 heteroatoms. The summed E-state index contributed by atoms with van der Waals surface area (Å²) in [5.74, 6) is 0.454. The predicted octanol–water partition coefficient (Wildman–Crippen LogP) is 1.81. The van der Waals surface area contributed by atoms with E-state index in [9.17, 15) is 4.79 Å². The van der Waals surface area contributed by atoms with Crippen LogP contribution in [-0.4, -0.2) is 28.9 Å². The number of amides is 1. The molecule has 0 saturated carbocycles. The molecule has 18 heavy (non-hydrogen) atoms. The van der Waals surface area contributed by atoms with E-state index in [0.29, 0.717) is 26.1 Å². The number of hydrogen-bond acceptors (Lipinski definition) is 3. The quantitative estimate of drug-likeness (QED) is 0.801. The number of carbonyl (C=O) groups excluding carboxylic acids is 1. The Kier molecular flexibility index (Phi) is 6.36. The van der Waals surface area contributed by atoms with E-state index in [-0.39, 0.29) is 11.8 Å².